The first-order valence-electron chi connectivity index (χ1n) is 11.1. The van der Waals surface area contributed by atoms with E-state index >= 15 is 0 Å². The number of thioether (sulfide) groups is 1. The summed E-state index contributed by atoms with van der Waals surface area (Å²) in [5.41, 5.74) is 6.85. The van der Waals surface area contributed by atoms with Crippen LogP contribution in [0.15, 0.2) is 96.4 Å². The monoisotopic (exact) mass is 451 g/mol. The van der Waals surface area contributed by atoms with E-state index in [2.05, 4.69) is 78.4 Å². The Hall–Kier alpha value is -3.57. The number of hydrogen-bond acceptors (Lipinski definition) is 4. The lowest BCUT2D eigenvalue weighted by Crippen LogP contribution is -1.96. The van der Waals surface area contributed by atoms with Gasteiger partial charge in [0, 0.05) is 23.2 Å². The summed E-state index contributed by atoms with van der Waals surface area (Å²) in [4.78, 5) is 9.40. The summed E-state index contributed by atoms with van der Waals surface area (Å²) in [6.45, 7) is 4.80. The second kappa shape index (κ2) is 9.51. The Morgan fingerprint density at radius 1 is 0.879 bits per heavy atom. The molecule has 5 heteroatoms. The molecular weight excluding hydrogens is 426 g/mol. The highest BCUT2D eigenvalue weighted by Gasteiger charge is 2.18. The number of aromatic nitrogens is 3. The second-order valence-corrected chi connectivity index (χ2v) is 8.76. The fraction of sp³-hybridized carbons (Fsp3) is 0.143. The highest BCUT2D eigenvalue weighted by Crippen LogP contribution is 2.38. The van der Waals surface area contributed by atoms with Gasteiger partial charge in [-0.15, -0.1) is 11.8 Å². The fourth-order valence-corrected chi connectivity index (χ4v) is 5.05. The van der Waals surface area contributed by atoms with Crippen LogP contribution in [0.1, 0.15) is 18.1 Å². The molecule has 2 aromatic heterocycles. The zero-order chi connectivity index (χ0) is 22.6. The van der Waals surface area contributed by atoms with Crippen LogP contribution < -0.4 is 4.74 Å². The molecule has 0 bridgehead atoms. The molecular formula is C28H25N3OS. The number of fused-ring (bicyclic) bond motifs is 1. The Labute approximate surface area is 198 Å². The second-order valence-electron chi connectivity index (χ2n) is 7.80. The summed E-state index contributed by atoms with van der Waals surface area (Å²) in [7, 11) is 0. The van der Waals surface area contributed by atoms with Crippen molar-refractivity contribution >= 4 is 22.8 Å². The maximum atomic E-state index is 5.62. The molecule has 5 rings (SSSR count). The number of hydrogen-bond donors (Lipinski definition) is 0. The van der Waals surface area contributed by atoms with Crippen LogP contribution in [-0.2, 0) is 5.75 Å². The van der Waals surface area contributed by atoms with Crippen molar-refractivity contribution in [3.63, 3.8) is 0 Å². The summed E-state index contributed by atoms with van der Waals surface area (Å²) in [5.74, 6) is 1.73. The molecule has 0 spiro atoms. The van der Waals surface area contributed by atoms with Crippen LogP contribution in [0.3, 0.4) is 0 Å². The zero-order valence-corrected chi connectivity index (χ0v) is 19.5. The van der Waals surface area contributed by atoms with Gasteiger partial charge in [0.1, 0.15) is 22.7 Å². The van der Waals surface area contributed by atoms with E-state index in [9.17, 15) is 0 Å². The molecule has 5 aromatic rings. The van der Waals surface area contributed by atoms with Gasteiger partial charge in [-0.2, -0.15) is 0 Å². The van der Waals surface area contributed by atoms with E-state index in [-0.39, 0.29) is 0 Å². The van der Waals surface area contributed by atoms with Gasteiger partial charge in [-0.1, -0.05) is 54.6 Å². The number of rotatable bonds is 7. The predicted octanol–water partition coefficient (Wildman–Crippen LogP) is 7.09. The van der Waals surface area contributed by atoms with Gasteiger partial charge in [-0.25, -0.2) is 9.97 Å². The number of benzene rings is 3. The summed E-state index contributed by atoms with van der Waals surface area (Å²) in [5, 5.41) is 2.07. The number of aryl methyl sites for hydroxylation is 1. The molecule has 0 aliphatic rings. The maximum Gasteiger partial charge on any atom is 0.149 e. The highest BCUT2D eigenvalue weighted by molar-refractivity contribution is 7.98. The summed E-state index contributed by atoms with van der Waals surface area (Å²) in [6.07, 6.45) is 3.84. The van der Waals surface area contributed by atoms with Crippen LogP contribution >= 0.6 is 11.8 Å². The third-order valence-corrected chi connectivity index (χ3v) is 6.72. The molecule has 33 heavy (non-hydrogen) atoms. The normalized spacial score (nSPS) is 11.1. The molecule has 0 aliphatic heterocycles. The molecule has 0 unspecified atom stereocenters. The van der Waals surface area contributed by atoms with E-state index in [0.717, 1.165) is 44.4 Å². The van der Waals surface area contributed by atoms with Gasteiger partial charge in [-0.05, 0) is 54.8 Å². The smallest absolute Gasteiger partial charge is 0.149 e. The van der Waals surface area contributed by atoms with E-state index in [0.29, 0.717) is 6.61 Å². The average Bonchev–Trinajstić information content (AvgIpc) is 3.25. The standard InChI is InChI=1S/C28H25N3OS/c1-3-32-24-15-13-23(14-16-24)31-17-25(21-10-5-4-6-11-21)26-27(31)29-19-30-28(26)33-18-22-12-8-7-9-20(22)2/h4-17,19H,3,18H2,1-2H3. The first-order valence-corrected chi connectivity index (χ1v) is 12.0. The van der Waals surface area contributed by atoms with E-state index in [1.807, 2.05) is 25.1 Å². The first kappa shape index (κ1) is 21.3. The Balaban J connectivity index is 1.62. The summed E-state index contributed by atoms with van der Waals surface area (Å²) in [6, 6.07) is 27.1. The molecule has 0 amide bonds. The lowest BCUT2D eigenvalue weighted by molar-refractivity contribution is 0.340. The van der Waals surface area contributed by atoms with Gasteiger partial charge in [-0.3, -0.25) is 0 Å². The maximum absolute atomic E-state index is 5.62. The minimum Gasteiger partial charge on any atom is -0.494 e. The van der Waals surface area contributed by atoms with Gasteiger partial charge < -0.3 is 9.30 Å². The topological polar surface area (TPSA) is 39.9 Å². The van der Waals surface area contributed by atoms with E-state index in [1.165, 1.54) is 11.1 Å². The molecule has 2 heterocycles. The van der Waals surface area contributed by atoms with Crippen molar-refractivity contribution in [1.29, 1.82) is 0 Å². The molecule has 0 aliphatic carbocycles. The van der Waals surface area contributed by atoms with Gasteiger partial charge >= 0.3 is 0 Å². The molecule has 164 valence electrons. The minimum absolute atomic E-state index is 0.651. The fourth-order valence-electron chi connectivity index (χ4n) is 3.96. The SMILES string of the molecule is CCOc1ccc(-n2cc(-c3ccccc3)c3c(SCc4ccccc4C)ncnc32)cc1. The van der Waals surface area contributed by atoms with Crippen LogP contribution in [0.4, 0.5) is 0 Å². The molecule has 4 nitrogen and oxygen atoms in total. The van der Waals surface area contributed by atoms with E-state index < -0.39 is 0 Å². The molecule has 0 radical (unpaired) electrons. The van der Waals surface area contributed by atoms with Crippen molar-refractivity contribution < 1.29 is 4.74 Å². The van der Waals surface area contributed by atoms with Crippen molar-refractivity contribution in [2.24, 2.45) is 0 Å². The van der Waals surface area contributed by atoms with Crippen molar-refractivity contribution in [1.82, 2.24) is 14.5 Å². The van der Waals surface area contributed by atoms with Crippen molar-refractivity contribution in [2.45, 2.75) is 24.6 Å². The molecule has 0 N–H and O–H groups in total. The van der Waals surface area contributed by atoms with Gasteiger partial charge in [0.05, 0.1) is 12.0 Å². The minimum atomic E-state index is 0.651. The van der Waals surface area contributed by atoms with Crippen LogP contribution in [0.2, 0.25) is 0 Å². The zero-order valence-electron chi connectivity index (χ0n) is 18.7. The van der Waals surface area contributed by atoms with Crippen LogP contribution in [0, 0.1) is 6.92 Å². The predicted molar refractivity (Wildman–Crippen MR) is 136 cm³/mol. The summed E-state index contributed by atoms with van der Waals surface area (Å²) >= 11 is 1.76. The van der Waals surface area contributed by atoms with Gasteiger partial charge in [0.25, 0.3) is 0 Å². The quantitative estimate of drug-likeness (QED) is 0.196. The lowest BCUT2D eigenvalue weighted by atomic mass is 10.1. The molecule has 0 fully saturated rings. The van der Waals surface area contributed by atoms with Crippen LogP contribution in [0.25, 0.3) is 27.8 Å². The average molecular weight is 452 g/mol. The molecule has 3 aromatic carbocycles. The summed E-state index contributed by atoms with van der Waals surface area (Å²) < 4.78 is 7.77. The molecule has 0 atom stereocenters. The Kier molecular flexibility index (Phi) is 6.13. The van der Waals surface area contributed by atoms with Crippen molar-refractivity contribution in [3.8, 4) is 22.6 Å². The number of nitrogens with zero attached hydrogens (tertiary/aromatic N) is 3. The third kappa shape index (κ3) is 4.37. The largest absolute Gasteiger partial charge is 0.494 e. The Morgan fingerprint density at radius 2 is 1.64 bits per heavy atom. The van der Waals surface area contributed by atoms with Gasteiger partial charge in [0.15, 0.2) is 0 Å². The van der Waals surface area contributed by atoms with Crippen LogP contribution in [0.5, 0.6) is 5.75 Å². The highest BCUT2D eigenvalue weighted by atomic mass is 32.2. The third-order valence-electron chi connectivity index (χ3n) is 5.68. The molecule has 0 saturated carbocycles. The van der Waals surface area contributed by atoms with E-state index in [1.54, 1.807) is 18.1 Å². The Morgan fingerprint density at radius 3 is 2.39 bits per heavy atom. The first-order chi connectivity index (χ1) is 16.2. The van der Waals surface area contributed by atoms with E-state index in [4.69, 9.17) is 14.7 Å². The Bertz CT molecular complexity index is 1380. The van der Waals surface area contributed by atoms with Crippen LogP contribution in [-0.4, -0.2) is 21.1 Å². The van der Waals surface area contributed by atoms with Crippen molar-refractivity contribution in [2.75, 3.05) is 6.61 Å². The lowest BCUT2D eigenvalue weighted by Gasteiger charge is -2.08. The van der Waals surface area contributed by atoms with Gasteiger partial charge in [0.2, 0.25) is 0 Å². The number of ether oxygens (including phenoxy) is 1. The van der Waals surface area contributed by atoms with Crippen molar-refractivity contribution in [3.05, 3.63) is 103 Å². The molecule has 0 saturated heterocycles.